The summed E-state index contributed by atoms with van der Waals surface area (Å²) in [5, 5.41) is 6.66. The SMILES string of the molecule is COc1ccc2c(c1)c(C1(CNC(C)=O)CC1)cn2S(=O)(=O)c1ccc(OCC(F)(F)C(F)F)c(N2CCNCC2)c1. The molecular formula is C28H32F4N4O5S. The van der Waals surface area contributed by atoms with E-state index in [2.05, 4.69) is 10.6 Å². The number of hydrogen-bond acceptors (Lipinski definition) is 7. The molecule has 0 bridgehead atoms. The van der Waals surface area contributed by atoms with Gasteiger partial charge in [-0.25, -0.2) is 21.2 Å². The lowest BCUT2D eigenvalue weighted by atomic mass is 9.95. The van der Waals surface area contributed by atoms with Gasteiger partial charge in [0, 0.05) is 56.6 Å². The van der Waals surface area contributed by atoms with E-state index in [1.54, 1.807) is 29.3 Å². The van der Waals surface area contributed by atoms with Crippen LogP contribution in [-0.4, -0.2) is 77.1 Å². The van der Waals surface area contributed by atoms with Crippen LogP contribution in [0.15, 0.2) is 47.5 Å². The maximum Gasteiger partial charge on any atom is 0.340 e. The van der Waals surface area contributed by atoms with E-state index >= 15 is 0 Å². The number of amides is 1. The zero-order chi connectivity index (χ0) is 30.3. The van der Waals surface area contributed by atoms with Crippen molar-refractivity contribution in [1.29, 1.82) is 0 Å². The van der Waals surface area contributed by atoms with Crippen molar-refractivity contribution in [2.45, 2.75) is 42.4 Å². The molecule has 3 aromatic rings. The molecular weight excluding hydrogens is 580 g/mol. The summed E-state index contributed by atoms with van der Waals surface area (Å²) in [6.45, 7) is 2.16. The Bertz CT molecular complexity index is 1580. The molecule has 0 spiro atoms. The van der Waals surface area contributed by atoms with E-state index in [1.165, 1.54) is 36.2 Å². The number of fused-ring (bicyclic) bond motifs is 1. The fraction of sp³-hybridized carbons (Fsp3) is 0.464. The largest absolute Gasteiger partial charge is 0.497 e. The number of rotatable bonds is 11. The molecule has 2 heterocycles. The third-order valence-electron chi connectivity index (χ3n) is 7.76. The van der Waals surface area contributed by atoms with E-state index in [0.717, 1.165) is 18.4 Å². The first-order chi connectivity index (χ1) is 19.9. The number of nitrogens with zero attached hydrogens (tertiary/aromatic N) is 2. The van der Waals surface area contributed by atoms with Gasteiger partial charge >= 0.3 is 12.3 Å². The van der Waals surface area contributed by atoms with Gasteiger partial charge in [-0.1, -0.05) is 0 Å². The van der Waals surface area contributed by atoms with E-state index in [9.17, 15) is 30.8 Å². The maximum absolute atomic E-state index is 14.2. The summed E-state index contributed by atoms with van der Waals surface area (Å²) >= 11 is 0. The predicted molar refractivity (Wildman–Crippen MR) is 149 cm³/mol. The molecule has 1 saturated carbocycles. The Balaban J connectivity index is 1.58. The van der Waals surface area contributed by atoms with Crippen molar-refractivity contribution in [2.75, 3.05) is 51.3 Å². The predicted octanol–water partition coefficient (Wildman–Crippen LogP) is 3.74. The Morgan fingerprint density at radius 1 is 1.14 bits per heavy atom. The Morgan fingerprint density at radius 2 is 1.86 bits per heavy atom. The molecule has 0 radical (unpaired) electrons. The van der Waals surface area contributed by atoms with Gasteiger partial charge in [0.2, 0.25) is 5.91 Å². The Labute approximate surface area is 240 Å². The molecule has 1 saturated heterocycles. The molecule has 1 aliphatic heterocycles. The van der Waals surface area contributed by atoms with Crippen molar-refractivity contribution < 1.29 is 40.2 Å². The monoisotopic (exact) mass is 612 g/mol. The van der Waals surface area contributed by atoms with Crippen LogP contribution >= 0.6 is 0 Å². The second kappa shape index (κ2) is 11.3. The van der Waals surface area contributed by atoms with E-state index in [4.69, 9.17) is 9.47 Å². The van der Waals surface area contributed by atoms with Crippen LogP contribution in [0.25, 0.3) is 10.9 Å². The zero-order valence-electron chi connectivity index (χ0n) is 23.1. The minimum atomic E-state index is -4.37. The number of halogens is 4. The Kier molecular flexibility index (Phi) is 8.05. The topological polar surface area (TPSA) is 102 Å². The van der Waals surface area contributed by atoms with E-state index < -0.39 is 34.4 Å². The molecule has 14 heteroatoms. The molecule has 228 valence electrons. The van der Waals surface area contributed by atoms with Crippen LogP contribution in [0.2, 0.25) is 0 Å². The zero-order valence-corrected chi connectivity index (χ0v) is 23.9. The number of ether oxygens (including phenoxy) is 2. The van der Waals surface area contributed by atoms with Crippen molar-refractivity contribution >= 4 is 32.5 Å². The Morgan fingerprint density at radius 3 is 2.48 bits per heavy atom. The van der Waals surface area contributed by atoms with Gasteiger partial charge in [0.25, 0.3) is 10.0 Å². The molecule has 2 N–H and O–H groups in total. The van der Waals surface area contributed by atoms with Gasteiger partial charge in [-0.3, -0.25) is 4.79 Å². The fourth-order valence-electron chi connectivity index (χ4n) is 5.20. The molecule has 1 amide bonds. The highest BCUT2D eigenvalue weighted by molar-refractivity contribution is 7.90. The lowest BCUT2D eigenvalue weighted by Crippen LogP contribution is -2.44. The van der Waals surface area contributed by atoms with Crippen LogP contribution < -0.4 is 25.0 Å². The lowest BCUT2D eigenvalue weighted by Gasteiger charge is -2.31. The van der Waals surface area contributed by atoms with Crippen molar-refractivity contribution in [3.05, 3.63) is 48.2 Å². The second-order valence-electron chi connectivity index (χ2n) is 10.6. The summed E-state index contributed by atoms with van der Waals surface area (Å²) in [5.41, 5.74) is 0.937. The quantitative estimate of drug-likeness (QED) is 0.318. The molecule has 2 aromatic carbocycles. The van der Waals surface area contributed by atoms with Crippen LogP contribution in [0, 0.1) is 0 Å². The number of aromatic nitrogens is 1. The highest BCUT2D eigenvalue weighted by atomic mass is 32.2. The maximum atomic E-state index is 14.2. The van der Waals surface area contributed by atoms with Crippen molar-refractivity contribution in [2.24, 2.45) is 0 Å². The molecule has 5 rings (SSSR count). The molecule has 2 fully saturated rings. The number of piperazine rings is 1. The van der Waals surface area contributed by atoms with Gasteiger partial charge in [-0.15, -0.1) is 0 Å². The molecule has 0 unspecified atom stereocenters. The van der Waals surface area contributed by atoms with Gasteiger partial charge < -0.3 is 25.0 Å². The average molecular weight is 613 g/mol. The molecule has 1 aliphatic carbocycles. The fourth-order valence-corrected chi connectivity index (χ4v) is 6.59. The summed E-state index contributed by atoms with van der Waals surface area (Å²) in [4.78, 5) is 13.3. The van der Waals surface area contributed by atoms with Gasteiger partial charge in [0.05, 0.1) is 23.2 Å². The average Bonchev–Trinajstić information content (AvgIpc) is 3.66. The summed E-state index contributed by atoms with van der Waals surface area (Å²) < 4.78 is 92.9. The van der Waals surface area contributed by atoms with Gasteiger partial charge in [-0.2, -0.15) is 8.78 Å². The number of nitrogens with one attached hydrogen (secondary N) is 2. The summed E-state index contributed by atoms with van der Waals surface area (Å²) in [7, 11) is -2.73. The number of methoxy groups -OCH3 is 1. The third-order valence-corrected chi connectivity index (χ3v) is 9.43. The highest BCUT2D eigenvalue weighted by Gasteiger charge is 2.47. The van der Waals surface area contributed by atoms with Gasteiger partial charge in [-0.05, 0) is 54.8 Å². The van der Waals surface area contributed by atoms with Crippen LogP contribution in [0.4, 0.5) is 23.2 Å². The standard InChI is InChI=1S/C28H32F4N4O5S/c1-18(37)34-16-27(7-8-27)22-15-36(23-5-3-19(40-2)13-21(22)23)42(38,39)20-4-6-25(41-17-28(31,32)26(29)30)24(14-20)35-11-9-33-10-12-35/h3-6,13-15,26,33H,7-12,16-17H2,1-2H3,(H,34,37). The smallest absolute Gasteiger partial charge is 0.340 e. The molecule has 1 aromatic heterocycles. The molecule has 0 atom stereocenters. The number of anilines is 1. The first-order valence-electron chi connectivity index (χ1n) is 13.5. The van der Waals surface area contributed by atoms with E-state index in [1.807, 2.05) is 0 Å². The lowest BCUT2D eigenvalue weighted by molar-refractivity contribution is -0.148. The first-order valence-corrected chi connectivity index (χ1v) is 14.9. The number of carbonyl (C=O) groups is 1. The molecule has 2 aliphatic rings. The second-order valence-corrected chi connectivity index (χ2v) is 12.4. The number of carbonyl (C=O) groups excluding carboxylic acids is 1. The van der Waals surface area contributed by atoms with Crippen LogP contribution in [-0.2, 0) is 20.2 Å². The van der Waals surface area contributed by atoms with E-state index in [-0.39, 0.29) is 22.2 Å². The first kappa shape index (κ1) is 30.0. The minimum Gasteiger partial charge on any atom is -0.497 e. The van der Waals surface area contributed by atoms with Gasteiger partial charge in [0.1, 0.15) is 11.5 Å². The number of benzene rings is 2. The minimum absolute atomic E-state index is 0.119. The van der Waals surface area contributed by atoms with Gasteiger partial charge in [0.15, 0.2) is 6.61 Å². The third kappa shape index (κ3) is 5.74. The molecule has 9 nitrogen and oxygen atoms in total. The van der Waals surface area contributed by atoms with Crippen molar-refractivity contribution in [3.63, 3.8) is 0 Å². The van der Waals surface area contributed by atoms with Crippen molar-refractivity contribution in [3.8, 4) is 11.5 Å². The summed E-state index contributed by atoms with van der Waals surface area (Å²) in [6, 6.07) is 8.83. The normalized spacial score (nSPS) is 17.0. The summed E-state index contributed by atoms with van der Waals surface area (Å²) in [6.07, 6.45) is -0.833. The van der Waals surface area contributed by atoms with Crippen LogP contribution in [0.1, 0.15) is 25.3 Å². The Hall–Kier alpha value is -3.52. The van der Waals surface area contributed by atoms with E-state index in [0.29, 0.717) is 49.4 Å². The highest BCUT2D eigenvalue weighted by Crippen LogP contribution is 2.51. The number of alkyl halides is 4. The van der Waals surface area contributed by atoms with Crippen LogP contribution in [0.3, 0.4) is 0 Å². The molecule has 42 heavy (non-hydrogen) atoms. The summed E-state index contributed by atoms with van der Waals surface area (Å²) in [5.74, 6) is -4.14. The van der Waals surface area contributed by atoms with Crippen LogP contribution in [0.5, 0.6) is 11.5 Å². The van der Waals surface area contributed by atoms with Crippen molar-refractivity contribution in [1.82, 2.24) is 14.6 Å². The number of hydrogen-bond donors (Lipinski definition) is 2.